The number of ether oxygens (including phenoxy) is 15. The number of fused-ring (bicyclic) bond motifs is 11. The van der Waals surface area contributed by atoms with Crippen LogP contribution in [0.25, 0.3) is 0 Å². The second kappa shape index (κ2) is 20.0. The minimum absolute atomic E-state index is 0.00983. The van der Waals surface area contributed by atoms with E-state index >= 15 is 0 Å². The van der Waals surface area contributed by atoms with Crippen molar-refractivity contribution in [2.45, 2.75) is 326 Å². The zero-order valence-corrected chi connectivity index (χ0v) is 48.2. The molecule has 0 radical (unpaired) electrons. The Bertz CT molecular complexity index is 2460. The molecule has 2 N–H and O–H groups in total. The average Bonchev–Trinajstić information content (AvgIpc) is 4.24. The maximum Gasteiger partial charge on any atom is 0.174 e. The van der Waals surface area contributed by atoms with Gasteiger partial charge < -0.3 is 81.3 Å². The molecule has 18 heteroatoms. The molecule has 17 aliphatic rings. The Labute approximate surface area is 476 Å². The van der Waals surface area contributed by atoms with E-state index in [1.165, 1.54) is 0 Å². The molecule has 0 aromatic carbocycles. The van der Waals surface area contributed by atoms with Crippen LogP contribution in [0.5, 0.6) is 0 Å². The van der Waals surface area contributed by atoms with Crippen molar-refractivity contribution in [2.24, 2.45) is 29.6 Å². The van der Waals surface area contributed by atoms with Gasteiger partial charge in [0.25, 0.3) is 0 Å². The molecule has 3 spiro atoms. The highest BCUT2D eigenvalue weighted by Crippen LogP contribution is 2.60. The smallest absolute Gasteiger partial charge is 0.174 e. The standard InChI is InChI=1S/C63H90O18/c1-28-14-35-8-10-40-29(2)15-37(67-40)12-13-61-27-60(7)59(81-61)58-57(78-60)56(80-61)55-41(72-58)11-9-36(69-55)16-34(65)17-38-33(6)54-48(70-43(38)18-42(68-35)32(28)5)21-47-50(74-54)24-63(75-47)25-51-53(79-63)31(4)23-62(77-51)22-30(3)52-49(76-62)20-45-46(73-52)19-44(71-45)39(66)26-64/h28,30-31,33,35-59,64,66H,2,5,8-27H2,1,3-4,6-7H3. The van der Waals surface area contributed by atoms with Crippen molar-refractivity contribution in [1.82, 2.24) is 0 Å². The molecule has 0 saturated carbocycles. The van der Waals surface area contributed by atoms with Gasteiger partial charge in [0.1, 0.15) is 48.0 Å². The molecule has 12 bridgehead atoms. The van der Waals surface area contributed by atoms with Crippen molar-refractivity contribution < 1.29 is 86.1 Å². The average molecular weight is 1140 g/mol. The van der Waals surface area contributed by atoms with Gasteiger partial charge in [-0.15, -0.1) is 0 Å². The minimum Gasteiger partial charge on any atom is -0.394 e. The molecule has 0 aromatic heterocycles. The Morgan fingerprint density at radius 1 is 0.519 bits per heavy atom. The van der Waals surface area contributed by atoms with E-state index in [1.807, 2.05) is 0 Å². The molecule has 17 fully saturated rings. The Morgan fingerprint density at radius 3 is 2.06 bits per heavy atom. The zero-order valence-electron chi connectivity index (χ0n) is 48.2. The van der Waals surface area contributed by atoms with Crippen molar-refractivity contribution in [3.8, 4) is 0 Å². The number of hydrogen-bond acceptors (Lipinski definition) is 18. The lowest BCUT2D eigenvalue weighted by Crippen LogP contribution is -2.62. The van der Waals surface area contributed by atoms with Gasteiger partial charge in [-0.05, 0) is 92.6 Å². The van der Waals surface area contributed by atoms with Crippen molar-refractivity contribution in [2.75, 3.05) is 6.61 Å². The molecule has 33 atom stereocenters. The fraction of sp³-hybridized carbons (Fsp3) is 0.921. The van der Waals surface area contributed by atoms with Crippen LogP contribution in [0, 0.1) is 29.6 Å². The third kappa shape index (κ3) is 9.19. The molecule has 18 nitrogen and oxygen atoms in total. The van der Waals surface area contributed by atoms with Crippen LogP contribution in [-0.4, -0.2) is 192 Å². The fourth-order valence-electron chi connectivity index (χ4n) is 19.7. The number of ketones is 1. The SMILES string of the molecule is C=C1CC2CCC34CC5(C)OC6C(O3)C3OC(CCC3OC6C5O4)CC(=O)CC3C(CC4OC(CCC1O2)CC(C)C4=C)OC1CC2OC4(CC2OC1C3C)CC1OC2(CC(C)C3OC5CC(C(O)CO)OC5CC3O2)CC(C)C1O4. The summed E-state index contributed by atoms with van der Waals surface area (Å²) in [4.78, 5) is 14.9. The van der Waals surface area contributed by atoms with Crippen LogP contribution in [0.15, 0.2) is 24.3 Å². The van der Waals surface area contributed by atoms with Gasteiger partial charge in [0, 0.05) is 77.0 Å². The second-order valence-electron chi connectivity index (χ2n) is 29.2. The molecule has 450 valence electrons. The largest absolute Gasteiger partial charge is 0.394 e. The van der Waals surface area contributed by atoms with Gasteiger partial charge in [0.15, 0.2) is 17.4 Å². The molecule has 81 heavy (non-hydrogen) atoms. The van der Waals surface area contributed by atoms with E-state index in [0.717, 1.165) is 56.1 Å². The van der Waals surface area contributed by atoms with Crippen molar-refractivity contribution >= 4 is 5.78 Å². The van der Waals surface area contributed by atoms with Gasteiger partial charge in [-0.25, -0.2) is 0 Å². The second-order valence-corrected chi connectivity index (χ2v) is 29.2. The molecule has 0 amide bonds. The number of carbonyl (C=O) groups is 1. The zero-order chi connectivity index (χ0) is 55.2. The van der Waals surface area contributed by atoms with Gasteiger partial charge in [0.2, 0.25) is 0 Å². The molecule has 17 heterocycles. The molecule has 17 saturated heterocycles. The van der Waals surface area contributed by atoms with Crippen molar-refractivity contribution in [3.63, 3.8) is 0 Å². The molecular formula is C63H90O18. The van der Waals surface area contributed by atoms with Crippen LogP contribution in [0.3, 0.4) is 0 Å². The van der Waals surface area contributed by atoms with Crippen LogP contribution in [0.1, 0.15) is 157 Å². The number of carbonyl (C=O) groups excluding carboxylic acids is 1. The summed E-state index contributed by atoms with van der Waals surface area (Å²) < 4.78 is 105. The first-order valence-corrected chi connectivity index (χ1v) is 32.1. The molecule has 0 aromatic rings. The maximum absolute atomic E-state index is 14.9. The van der Waals surface area contributed by atoms with E-state index in [0.29, 0.717) is 77.0 Å². The minimum atomic E-state index is -0.936. The van der Waals surface area contributed by atoms with Crippen LogP contribution >= 0.6 is 0 Å². The number of Topliss-reactive ketones (excluding diaryl/α,β-unsaturated/α-hetero) is 1. The van der Waals surface area contributed by atoms with Gasteiger partial charge in [-0.3, -0.25) is 4.79 Å². The fourth-order valence-corrected chi connectivity index (χ4v) is 19.7. The summed E-state index contributed by atoms with van der Waals surface area (Å²) in [5, 5.41) is 20.0. The van der Waals surface area contributed by atoms with E-state index < -0.39 is 35.2 Å². The summed E-state index contributed by atoms with van der Waals surface area (Å²) in [6.45, 7) is 20.0. The monoisotopic (exact) mass is 1130 g/mol. The molecule has 33 unspecified atom stereocenters. The van der Waals surface area contributed by atoms with Crippen LogP contribution in [0.4, 0.5) is 0 Å². The first-order valence-electron chi connectivity index (χ1n) is 32.1. The molecule has 17 aliphatic heterocycles. The van der Waals surface area contributed by atoms with Gasteiger partial charge in [-0.2, -0.15) is 0 Å². The van der Waals surface area contributed by atoms with Crippen LogP contribution < -0.4 is 0 Å². The number of aliphatic hydroxyl groups excluding tert-OH is 2. The van der Waals surface area contributed by atoms with E-state index in [4.69, 9.17) is 71.1 Å². The van der Waals surface area contributed by atoms with Crippen LogP contribution in [-0.2, 0) is 75.8 Å². The Hall–Kier alpha value is -1.53. The predicted octanol–water partition coefficient (Wildman–Crippen LogP) is 6.39. The van der Waals surface area contributed by atoms with Crippen molar-refractivity contribution in [3.05, 3.63) is 24.3 Å². The quantitative estimate of drug-likeness (QED) is 0.289. The number of aliphatic hydroxyl groups is 2. The molecule has 17 rings (SSSR count). The summed E-state index contributed by atoms with van der Waals surface area (Å²) in [7, 11) is 0. The first-order chi connectivity index (χ1) is 38.9. The van der Waals surface area contributed by atoms with E-state index in [9.17, 15) is 15.0 Å². The summed E-state index contributed by atoms with van der Waals surface area (Å²) in [5.41, 5.74) is 1.71. The Balaban J connectivity index is 0.630. The van der Waals surface area contributed by atoms with Gasteiger partial charge >= 0.3 is 0 Å². The third-order valence-corrected chi connectivity index (χ3v) is 23.5. The van der Waals surface area contributed by atoms with E-state index in [-0.39, 0.29) is 176 Å². The Morgan fingerprint density at radius 2 is 1.21 bits per heavy atom. The molecular weight excluding hydrogens is 1040 g/mol. The normalized spacial score (nSPS) is 59.4. The van der Waals surface area contributed by atoms with Gasteiger partial charge in [0.05, 0.1) is 116 Å². The highest BCUT2D eigenvalue weighted by Gasteiger charge is 2.73. The van der Waals surface area contributed by atoms with Crippen LogP contribution in [0.2, 0.25) is 0 Å². The Kier molecular flexibility index (Phi) is 13.5. The summed E-state index contributed by atoms with van der Waals surface area (Å²) in [6.07, 6.45) is 6.68. The summed E-state index contributed by atoms with van der Waals surface area (Å²) in [6, 6.07) is 0. The lowest BCUT2D eigenvalue weighted by molar-refractivity contribution is -0.369. The third-order valence-electron chi connectivity index (χ3n) is 23.5. The predicted molar refractivity (Wildman–Crippen MR) is 284 cm³/mol. The highest BCUT2D eigenvalue weighted by atomic mass is 16.8. The van der Waals surface area contributed by atoms with E-state index in [1.54, 1.807) is 0 Å². The summed E-state index contributed by atoms with van der Waals surface area (Å²) >= 11 is 0. The maximum atomic E-state index is 14.9. The lowest BCUT2D eigenvalue weighted by atomic mass is 9.72. The van der Waals surface area contributed by atoms with Gasteiger partial charge in [-0.1, -0.05) is 40.9 Å². The first kappa shape index (κ1) is 54.8. The lowest BCUT2D eigenvalue weighted by Gasteiger charge is -2.54. The van der Waals surface area contributed by atoms with Crippen molar-refractivity contribution in [1.29, 1.82) is 0 Å². The summed E-state index contributed by atoms with van der Waals surface area (Å²) in [5.74, 6) is -1.93. The highest BCUT2D eigenvalue weighted by molar-refractivity contribution is 5.79. The number of hydrogen-bond donors (Lipinski definition) is 2. The number of rotatable bonds is 2. The topological polar surface area (TPSA) is 196 Å². The van der Waals surface area contributed by atoms with E-state index in [2.05, 4.69) is 47.8 Å². The molecule has 0 aliphatic carbocycles.